The van der Waals surface area contributed by atoms with Crippen LogP contribution in [0, 0.1) is 5.92 Å². The molecular formula is C13H25N3O2. The summed E-state index contributed by atoms with van der Waals surface area (Å²) in [5.41, 5.74) is 5.76. The Balaban J connectivity index is 1.43. The van der Waals surface area contributed by atoms with Crippen LogP contribution in [0.3, 0.4) is 0 Å². The number of nitrogens with one attached hydrogen (secondary N) is 1. The lowest BCUT2D eigenvalue weighted by Gasteiger charge is -2.23. The summed E-state index contributed by atoms with van der Waals surface area (Å²) in [5.74, 6) is 1.31. The van der Waals surface area contributed by atoms with E-state index in [0.717, 1.165) is 31.9 Å². The fourth-order valence-electron chi connectivity index (χ4n) is 2.20. The zero-order valence-corrected chi connectivity index (χ0v) is 11.1. The molecule has 2 rings (SSSR count). The van der Waals surface area contributed by atoms with Gasteiger partial charge in [-0.15, -0.1) is 0 Å². The maximum absolute atomic E-state index is 5.76. The highest BCUT2D eigenvalue weighted by molar-refractivity contribution is 5.77. The van der Waals surface area contributed by atoms with Crippen molar-refractivity contribution in [2.45, 2.75) is 38.2 Å². The fourth-order valence-corrected chi connectivity index (χ4v) is 2.20. The second kappa shape index (κ2) is 7.59. The van der Waals surface area contributed by atoms with E-state index in [1.165, 1.54) is 19.3 Å². The van der Waals surface area contributed by atoms with Crippen molar-refractivity contribution in [1.29, 1.82) is 0 Å². The molecule has 0 spiro atoms. The van der Waals surface area contributed by atoms with Gasteiger partial charge < -0.3 is 20.5 Å². The molecule has 0 radical (unpaired) electrons. The zero-order chi connectivity index (χ0) is 12.6. The molecule has 1 aliphatic heterocycles. The molecule has 0 bridgehead atoms. The molecule has 0 aromatic heterocycles. The number of nitrogens with two attached hydrogens (primary N) is 1. The normalized spacial score (nSPS) is 25.1. The second-order valence-corrected chi connectivity index (χ2v) is 5.16. The molecule has 2 aliphatic rings. The van der Waals surface area contributed by atoms with Gasteiger partial charge in [-0.05, 0) is 31.6 Å². The molecule has 0 aromatic carbocycles. The molecule has 5 heteroatoms. The Labute approximate surface area is 109 Å². The van der Waals surface area contributed by atoms with E-state index in [9.17, 15) is 0 Å². The van der Waals surface area contributed by atoms with Crippen molar-refractivity contribution in [2.75, 3.05) is 32.9 Å². The minimum atomic E-state index is 0.301. The molecule has 0 aromatic rings. The number of aliphatic imine (C=N–C) groups is 1. The minimum Gasteiger partial charge on any atom is -0.377 e. The minimum absolute atomic E-state index is 0.301. The van der Waals surface area contributed by atoms with Gasteiger partial charge in [-0.1, -0.05) is 6.42 Å². The Kier molecular flexibility index (Phi) is 5.74. The standard InChI is InChI=1S/C13H25N3O2/c14-13(16-9-11-3-1-4-11)15-6-8-17-10-12-5-2-7-18-12/h11-12H,1-10H2,(H3,14,15,16). The molecule has 0 amide bonds. The van der Waals surface area contributed by atoms with Gasteiger partial charge in [-0.2, -0.15) is 0 Å². The number of rotatable bonds is 7. The van der Waals surface area contributed by atoms with E-state index in [1.807, 2.05) is 0 Å². The Hall–Kier alpha value is -0.810. The summed E-state index contributed by atoms with van der Waals surface area (Å²) in [5, 5.41) is 3.07. The maximum atomic E-state index is 5.76. The van der Waals surface area contributed by atoms with E-state index in [0.29, 0.717) is 31.8 Å². The third kappa shape index (κ3) is 4.82. The molecule has 1 unspecified atom stereocenters. The second-order valence-electron chi connectivity index (χ2n) is 5.16. The van der Waals surface area contributed by atoms with Gasteiger partial charge in [0.25, 0.3) is 0 Å². The highest BCUT2D eigenvalue weighted by atomic mass is 16.5. The largest absolute Gasteiger partial charge is 0.377 e. The van der Waals surface area contributed by atoms with Crippen molar-refractivity contribution < 1.29 is 9.47 Å². The quantitative estimate of drug-likeness (QED) is 0.403. The molecule has 1 heterocycles. The zero-order valence-electron chi connectivity index (χ0n) is 11.1. The van der Waals surface area contributed by atoms with Crippen molar-refractivity contribution in [1.82, 2.24) is 5.32 Å². The van der Waals surface area contributed by atoms with E-state index in [1.54, 1.807) is 0 Å². The summed E-state index contributed by atoms with van der Waals surface area (Å²) >= 11 is 0. The van der Waals surface area contributed by atoms with Crippen LogP contribution in [0.15, 0.2) is 4.99 Å². The third-order valence-electron chi connectivity index (χ3n) is 3.62. The summed E-state index contributed by atoms with van der Waals surface area (Å²) in [6.45, 7) is 3.82. The van der Waals surface area contributed by atoms with Crippen molar-refractivity contribution in [3.05, 3.63) is 0 Å². The van der Waals surface area contributed by atoms with E-state index in [2.05, 4.69) is 10.3 Å². The summed E-state index contributed by atoms with van der Waals surface area (Å²) in [6.07, 6.45) is 6.55. The molecule has 5 nitrogen and oxygen atoms in total. The molecule has 1 saturated carbocycles. The first-order chi connectivity index (χ1) is 8.84. The first-order valence-corrected chi connectivity index (χ1v) is 7.08. The molecule has 3 N–H and O–H groups in total. The van der Waals surface area contributed by atoms with Gasteiger partial charge >= 0.3 is 0 Å². The van der Waals surface area contributed by atoms with Gasteiger partial charge in [0.15, 0.2) is 5.96 Å². The molecule has 2 fully saturated rings. The lowest BCUT2D eigenvalue weighted by Crippen LogP contribution is -2.35. The smallest absolute Gasteiger partial charge is 0.188 e. The monoisotopic (exact) mass is 255 g/mol. The van der Waals surface area contributed by atoms with E-state index >= 15 is 0 Å². The third-order valence-corrected chi connectivity index (χ3v) is 3.62. The lowest BCUT2D eigenvalue weighted by atomic mass is 9.86. The average Bonchev–Trinajstić information content (AvgIpc) is 2.79. The Bertz CT molecular complexity index is 261. The van der Waals surface area contributed by atoms with E-state index < -0.39 is 0 Å². The van der Waals surface area contributed by atoms with Crippen molar-refractivity contribution in [3.63, 3.8) is 0 Å². The van der Waals surface area contributed by atoms with Crippen LogP contribution in [0.1, 0.15) is 32.1 Å². The van der Waals surface area contributed by atoms with Crippen LogP contribution in [-0.4, -0.2) is 45.0 Å². The van der Waals surface area contributed by atoms with Gasteiger partial charge in [0, 0.05) is 19.7 Å². The Morgan fingerprint density at radius 1 is 1.33 bits per heavy atom. The number of nitrogens with zero attached hydrogens (tertiary/aromatic N) is 1. The van der Waals surface area contributed by atoms with E-state index in [-0.39, 0.29) is 0 Å². The predicted octanol–water partition coefficient (Wildman–Crippen LogP) is 0.886. The van der Waals surface area contributed by atoms with Crippen LogP contribution in [0.2, 0.25) is 0 Å². The average molecular weight is 255 g/mol. The molecule has 1 saturated heterocycles. The molecular weight excluding hydrogens is 230 g/mol. The van der Waals surface area contributed by atoms with Gasteiger partial charge in [0.05, 0.1) is 19.3 Å². The lowest BCUT2D eigenvalue weighted by molar-refractivity contribution is 0.0191. The number of hydrogen-bond acceptors (Lipinski definition) is 3. The summed E-state index contributed by atoms with van der Waals surface area (Å²) in [4.78, 5) is 4.32. The predicted molar refractivity (Wildman–Crippen MR) is 71.6 cm³/mol. The molecule has 1 aliphatic carbocycles. The number of hydrogen-bond donors (Lipinski definition) is 2. The SMILES string of the molecule is NC(=NCC1CCC1)NCCOCC1CCCO1. The van der Waals surface area contributed by atoms with Crippen LogP contribution in [-0.2, 0) is 9.47 Å². The molecule has 1 atom stereocenters. The van der Waals surface area contributed by atoms with Gasteiger partial charge in [0.1, 0.15) is 0 Å². The first-order valence-electron chi connectivity index (χ1n) is 7.08. The van der Waals surface area contributed by atoms with Crippen LogP contribution >= 0.6 is 0 Å². The number of ether oxygens (including phenoxy) is 2. The summed E-state index contributed by atoms with van der Waals surface area (Å²) in [7, 11) is 0. The maximum Gasteiger partial charge on any atom is 0.188 e. The van der Waals surface area contributed by atoms with Gasteiger partial charge in [-0.3, -0.25) is 4.99 Å². The van der Waals surface area contributed by atoms with Crippen molar-refractivity contribution in [2.24, 2.45) is 16.6 Å². The van der Waals surface area contributed by atoms with Crippen LogP contribution in [0.5, 0.6) is 0 Å². The number of guanidine groups is 1. The summed E-state index contributed by atoms with van der Waals surface area (Å²) < 4.78 is 11.0. The Morgan fingerprint density at radius 2 is 2.22 bits per heavy atom. The highest BCUT2D eigenvalue weighted by Crippen LogP contribution is 2.26. The molecule has 104 valence electrons. The van der Waals surface area contributed by atoms with Crippen molar-refractivity contribution >= 4 is 5.96 Å². The van der Waals surface area contributed by atoms with Crippen LogP contribution in [0.25, 0.3) is 0 Å². The van der Waals surface area contributed by atoms with Crippen LogP contribution in [0.4, 0.5) is 0 Å². The van der Waals surface area contributed by atoms with Crippen LogP contribution < -0.4 is 11.1 Å². The highest BCUT2D eigenvalue weighted by Gasteiger charge is 2.16. The fraction of sp³-hybridized carbons (Fsp3) is 0.923. The van der Waals surface area contributed by atoms with Crippen molar-refractivity contribution in [3.8, 4) is 0 Å². The topological polar surface area (TPSA) is 68.9 Å². The molecule has 18 heavy (non-hydrogen) atoms. The van der Waals surface area contributed by atoms with Gasteiger partial charge in [-0.25, -0.2) is 0 Å². The Morgan fingerprint density at radius 3 is 2.89 bits per heavy atom. The van der Waals surface area contributed by atoms with Gasteiger partial charge in [0.2, 0.25) is 0 Å². The first kappa shape index (κ1) is 13.6. The summed E-state index contributed by atoms with van der Waals surface area (Å²) in [6, 6.07) is 0. The van der Waals surface area contributed by atoms with E-state index in [4.69, 9.17) is 15.2 Å².